The molecule has 0 bridgehead atoms. The molecule has 0 saturated carbocycles. The molecule has 0 radical (unpaired) electrons. The Balaban J connectivity index is 1.86. The van der Waals surface area contributed by atoms with Gasteiger partial charge in [-0.25, -0.2) is 9.18 Å². The molecule has 0 aliphatic carbocycles. The summed E-state index contributed by atoms with van der Waals surface area (Å²) in [7, 11) is 0. The minimum atomic E-state index is -0.280. The third-order valence-corrected chi connectivity index (χ3v) is 3.37. The van der Waals surface area contributed by atoms with Crippen molar-refractivity contribution in [2.45, 2.75) is 13.5 Å². The number of nitrogens with zero attached hydrogens (tertiary/aromatic N) is 2. The molecule has 1 amide bonds. The second-order valence-electron chi connectivity index (χ2n) is 4.81. The van der Waals surface area contributed by atoms with Crippen LogP contribution in [0.15, 0.2) is 18.2 Å². The Morgan fingerprint density at radius 2 is 2.05 bits per heavy atom. The molecular weight excluding hydrogens is 261 g/mol. The smallest absolute Gasteiger partial charge is 0.409 e. The zero-order valence-electron chi connectivity index (χ0n) is 11.6. The van der Waals surface area contributed by atoms with Crippen LogP contribution in [-0.4, -0.2) is 48.7 Å². The van der Waals surface area contributed by atoms with Crippen molar-refractivity contribution in [3.05, 3.63) is 29.6 Å². The van der Waals surface area contributed by atoms with Gasteiger partial charge in [0.1, 0.15) is 5.82 Å². The molecule has 5 nitrogen and oxygen atoms in total. The van der Waals surface area contributed by atoms with Crippen LogP contribution in [0.1, 0.15) is 12.5 Å². The molecule has 1 fully saturated rings. The summed E-state index contributed by atoms with van der Waals surface area (Å²) in [6.45, 7) is 5.34. The lowest BCUT2D eigenvalue weighted by atomic mass is 10.1. The summed E-state index contributed by atoms with van der Waals surface area (Å²) in [6, 6.07) is 4.75. The van der Waals surface area contributed by atoms with Crippen LogP contribution in [0.4, 0.5) is 14.9 Å². The van der Waals surface area contributed by atoms with Crippen molar-refractivity contribution in [2.75, 3.05) is 38.5 Å². The summed E-state index contributed by atoms with van der Waals surface area (Å²) >= 11 is 0. The van der Waals surface area contributed by atoms with E-state index >= 15 is 0 Å². The highest BCUT2D eigenvalue weighted by molar-refractivity contribution is 5.67. The molecule has 2 rings (SSSR count). The van der Waals surface area contributed by atoms with E-state index < -0.39 is 0 Å². The van der Waals surface area contributed by atoms with Crippen LogP contribution < -0.4 is 5.73 Å². The largest absolute Gasteiger partial charge is 0.450 e. The van der Waals surface area contributed by atoms with Gasteiger partial charge in [-0.2, -0.15) is 0 Å². The summed E-state index contributed by atoms with van der Waals surface area (Å²) in [4.78, 5) is 15.4. The maximum Gasteiger partial charge on any atom is 0.409 e. The molecule has 20 heavy (non-hydrogen) atoms. The van der Waals surface area contributed by atoms with E-state index in [1.54, 1.807) is 24.0 Å². The highest BCUT2D eigenvalue weighted by Gasteiger charge is 2.22. The Hall–Kier alpha value is -1.82. The number of hydrogen-bond acceptors (Lipinski definition) is 4. The number of piperazine rings is 1. The van der Waals surface area contributed by atoms with E-state index in [0.29, 0.717) is 50.6 Å². The van der Waals surface area contributed by atoms with Crippen molar-refractivity contribution in [2.24, 2.45) is 0 Å². The van der Waals surface area contributed by atoms with Crippen LogP contribution in [0.25, 0.3) is 0 Å². The predicted molar refractivity (Wildman–Crippen MR) is 74.7 cm³/mol. The molecule has 1 heterocycles. The van der Waals surface area contributed by atoms with Crippen molar-refractivity contribution < 1.29 is 13.9 Å². The van der Waals surface area contributed by atoms with E-state index in [1.165, 1.54) is 6.07 Å². The summed E-state index contributed by atoms with van der Waals surface area (Å²) in [5.74, 6) is -0.280. The molecule has 1 aliphatic heterocycles. The second kappa shape index (κ2) is 6.56. The molecule has 110 valence electrons. The molecule has 0 aromatic heterocycles. The van der Waals surface area contributed by atoms with Gasteiger partial charge in [0, 0.05) is 44.0 Å². The van der Waals surface area contributed by atoms with Gasteiger partial charge in [-0.3, -0.25) is 4.90 Å². The molecule has 2 N–H and O–H groups in total. The molecule has 0 spiro atoms. The number of carbonyl (C=O) groups is 1. The Labute approximate surface area is 118 Å². The van der Waals surface area contributed by atoms with Crippen LogP contribution in [0, 0.1) is 5.82 Å². The lowest BCUT2D eigenvalue weighted by Crippen LogP contribution is -2.48. The third kappa shape index (κ3) is 3.60. The number of hydrogen-bond donors (Lipinski definition) is 1. The summed E-state index contributed by atoms with van der Waals surface area (Å²) < 4.78 is 18.7. The van der Waals surface area contributed by atoms with Gasteiger partial charge in [0.15, 0.2) is 0 Å². The molecule has 1 aromatic carbocycles. The lowest BCUT2D eigenvalue weighted by molar-refractivity contribution is 0.0775. The Morgan fingerprint density at radius 3 is 2.65 bits per heavy atom. The monoisotopic (exact) mass is 281 g/mol. The fourth-order valence-corrected chi connectivity index (χ4v) is 2.24. The van der Waals surface area contributed by atoms with Crippen LogP contribution in [0.5, 0.6) is 0 Å². The van der Waals surface area contributed by atoms with Gasteiger partial charge in [-0.15, -0.1) is 0 Å². The average Bonchev–Trinajstić information content (AvgIpc) is 2.43. The fourth-order valence-electron chi connectivity index (χ4n) is 2.24. The van der Waals surface area contributed by atoms with E-state index in [9.17, 15) is 9.18 Å². The molecule has 1 saturated heterocycles. The Kier molecular flexibility index (Phi) is 4.79. The van der Waals surface area contributed by atoms with Crippen molar-refractivity contribution in [3.8, 4) is 0 Å². The zero-order chi connectivity index (χ0) is 14.5. The number of halogens is 1. The predicted octanol–water partition coefficient (Wildman–Crippen LogP) is 1.68. The molecule has 0 unspecified atom stereocenters. The second-order valence-corrected chi connectivity index (χ2v) is 4.81. The first-order chi connectivity index (χ1) is 9.60. The number of amides is 1. The highest BCUT2D eigenvalue weighted by Crippen LogP contribution is 2.15. The van der Waals surface area contributed by atoms with E-state index in [1.807, 2.05) is 0 Å². The summed E-state index contributed by atoms with van der Waals surface area (Å²) in [5.41, 5.74) is 6.59. The van der Waals surface area contributed by atoms with Gasteiger partial charge in [0.05, 0.1) is 6.61 Å². The molecule has 1 aromatic rings. The van der Waals surface area contributed by atoms with Gasteiger partial charge < -0.3 is 15.4 Å². The number of rotatable bonds is 3. The normalized spacial score (nSPS) is 16.2. The number of nitrogens with two attached hydrogens (primary N) is 1. The first-order valence-corrected chi connectivity index (χ1v) is 6.78. The van der Waals surface area contributed by atoms with E-state index in [-0.39, 0.29) is 11.9 Å². The minimum Gasteiger partial charge on any atom is -0.450 e. The van der Waals surface area contributed by atoms with Crippen LogP contribution in [-0.2, 0) is 11.3 Å². The van der Waals surface area contributed by atoms with Crippen LogP contribution in [0.2, 0.25) is 0 Å². The van der Waals surface area contributed by atoms with E-state index in [2.05, 4.69) is 4.90 Å². The van der Waals surface area contributed by atoms with Gasteiger partial charge in [0.25, 0.3) is 0 Å². The van der Waals surface area contributed by atoms with E-state index in [0.717, 1.165) is 0 Å². The number of ether oxygens (including phenoxy) is 1. The first kappa shape index (κ1) is 14.6. The Bertz CT molecular complexity index is 473. The molecule has 0 atom stereocenters. The van der Waals surface area contributed by atoms with Crippen LogP contribution in [0.3, 0.4) is 0 Å². The quantitative estimate of drug-likeness (QED) is 0.856. The van der Waals surface area contributed by atoms with Gasteiger partial charge in [0.2, 0.25) is 0 Å². The number of carbonyl (C=O) groups excluding carboxylic acids is 1. The molecule has 1 aliphatic rings. The maximum absolute atomic E-state index is 13.7. The topological polar surface area (TPSA) is 58.8 Å². The van der Waals surface area contributed by atoms with Crippen molar-refractivity contribution in [1.29, 1.82) is 0 Å². The minimum absolute atomic E-state index is 0.272. The average molecular weight is 281 g/mol. The SMILES string of the molecule is CCOC(=O)N1CCN(Cc2ccc(N)cc2F)CC1. The van der Waals surface area contributed by atoms with Crippen LogP contribution >= 0.6 is 0 Å². The third-order valence-electron chi connectivity index (χ3n) is 3.37. The fraction of sp³-hybridized carbons (Fsp3) is 0.500. The number of benzene rings is 1. The van der Waals surface area contributed by atoms with Gasteiger partial charge in [-0.05, 0) is 19.1 Å². The number of anilines is 1. The maximum atomic E-state index is 13.7. The zero-order valence-corrected chi connectivity index (χ0v) is 11.6. The van der Waals surface area contributed by atoms with Crippen molar-refractivity contribution >= 4 is 11.8 Å². The highest BCUT2D eigenvalue weighted by atomic mass is 19.1. The van der Waals surface area contributed by atoms with Gasteiger partial charge in [-0.1, -0.05) is 6.07 Å². The molecular formula is C14H20FN3O2. The lowest BCUT2D eigenvalue weighted by Gasteiger charge is -2.34. The standard InChI is InChI=1S/C14H20FN3O2/c1-2-20-14(19)18-7-5-17(6-8-18)10-11-3-4-12(16)9-13(11)15/h3-4,9H,2,5-8,10,16H2,1H3. The Morgan fingerprint density at radius 1 is 1.35 bits per heavy atom. The van der Waals surface area contributed by atoms with Crippen molar-refractivity contribution in [1.82, 2.24) is 9.80 Å². The number of nitrogen functional groups attached to an aromatic ring is 1. The molecule has 6 heteroatoms. The first-order valence-electron chi connectivity index (χ1n) is 6.78. The summed E-state index contributed by atoms with van der Waals surface area (Å²) in [5, 5.41) is 0. The van der Waals surface area contributed by atoms with Gasteiger partial charge >= 0.3 is 6.09 Å². The van der Waals surface area contributed by atoms with Crippen molar-refractivity contribution in [3.63, 3.8) is 0 Å². The van der Waals surface area contributed by atoms with E-state index in [4.69, 9.17) is 10.5 Å². The summed E-state index contributed by atoms with van der Waals surface area (Å²) in [6.07, 6.45) is -0.272.